The van der Waals surface area contributed by atoms with Gasteiger partial charge in [-0.25, -0.2) is 0 Å². The third kappa shape index (κ3) is 1.70. The highest BCUT2D eigenvalue weighted by molar-refractivity contribution is 5.30. The fraction of sp³-hybridized carbons (Fsp3) is 0.875. The lowest BCUT2D eigenvalue weighted by molar-refractivity contribution is 0.385. The summed E-state index contributed by atoms with van der Waals surface area (Å²) >= 11 is 0. The van der Waals surface area contributed by atoms with Crippen molar-refractivity contribution in [1.82, 2.24) is 25.9 Å². The van der Waals surface area contributed by atoms with E-state index in [0.717, 1.165) is 19.6 Å². The largest absolute Gasteiger partial charge is 0.332 e. The summed E-state index contributed by atoms with van der Waals surface area (Å²) in [6.07, 6.45) is 0. The second-order valence-electron chi connectivity index (χ2n) is 3.92. The van der Waals surface area contributed by atoms with E-state index in [9.17, 15) is 0 Å². The number of anilines is 1. The topological polar surface area (TPSA) is 69.7 Å². The van der Waals surface area contributed by atoms with Crippen molar-refractivity contribution in [3.8, 4) is 0 Å². The maximum Gasteiger partial charge on any atom is 0.266 e. The van der Waals surface area contributed by atoms with E-state index in [1.807, 2.05) is 0 Å². The Hall–Kier alpha value is -1.17. The van der Waals surface area contributed by atoms with E-state index in [-0.39, 0.29) is 0 Å². The Morgan fingerprint density at radius 2 is 2.36 bits per heavy atom. The van der Waals surface area contributed by atoms with Gasteiger partial charge < -0.3 is 10.2 Å². The molecule has 1 aliphatic rings. The molecule has 0 saturated carbocycles. The molecular formula is C8H16N6. The number of aromatic nitrogens is 4. The first-order valence-corrected chi connectivity index (χ1v) is 5.00. The van der Waals surface area contributed by atoms with Gasteiger partial charge in [0.25, 0.3) is 5.95 Å². The quantitative estimate of drug-likeness (QED) is 0.675. The van der Waals surface area contributed by atoms with Gasteiger partial charge in [-0.05, 0) is 11.1 Å². The molecule has 1 unspecified atom stereocenters. The van der Waals surface area contributed by atoms with Crippen LogP contribution >= 0.6 is 0 Å². The molecule has 0 aliphatic carbocycles. The number of aromatic amines is 1. The van der Waals surface area contributed by atoms with Crippen molar-refractivity contribution >= 4 is 5.95 Å². The van der Waals surface area contributed by atoms with Crippen molar-refractivity contribution in [2.75, 3.05) is 24.5 Å². The normalized spacial score (nSPS) is 23.1. The summed E-state index contributed by atoms with van der Waals surface area (Å²) in [5.41, 5.74) is 0. The highest BCUT2D eigenvalue weighted by Gasteiger charge is 2.27. The van der Waals surface area contributed by atoms with Crippen LogP contribution in [0.2, 0.25) is 0 Å². The average Bonchev–Trinajstić information content (AvgIpc) is 2.70. The molecular weight excluding hydrogens is 180 g/mol. The van der Waals surface area contributed by atoms with E-state index in [2.05, 4.69) is 44.7 Å². The van der Waals surface area contributed by atoms with E-state index < -0.39 is 0 Å². The highest BCUT2D eigenvalue weighted by atomic mass is 15.5. The van der Waals surface area contributed by atoms with E-state index in [0.29, 0.717) is 17.9 Å². The first-order chi connectivity index (χ1) is 6.79. The summed E-state index contributed by atoms with van der Waals surface area (Å²) in [5, 5.41) is 17.5. The van der Waals surface area contributed by atoms with Gasteiger partial charge in [-0.15, -0.1) is 5.10 Å². The van der Waals surface area contributed by atoms with E-state index in [1.165, 1.54) is 0 Å². The molecule has 1 saturated heterocycles. The van der Waals surface area contributed by atoms with Gasteiger partial charge in [0, 0.05) is 25.7 Å². The van der Waals surface area contributed by atoms with Crippen LogP contribution in [-0.4, -0.2) is 46.3 Å². The highest BCUT2D eigenvalue weighted by Crippen LogP contribution is 2.17. The molecule has 1 aromatic rings. The minimum Gasteiger partial charge on any atom is -0.332 e. The average molecular weight is 196 g/mol. The van der Waals surface area contributed by atoms with Crippen molar-refractivity contribution in [1.29, 1.82) is 0 Å². The Morgan fingerprint density at radius 3 is 3.00 bits per heavy atom. The Morgan fingerprint density at radius 1 is 1.50 bits per heavy atom. The van der Waals surface area contributed by atoms with Crippen molar-refractivity contribution in [2.45, 2.75) is 19.9 Å². The molecule has 1 aliphatic heterocycles. The van der Waals surface area contributed by atoms with Crippen LogP contribution in [0.15, 0.2) is 0 Å². The predicted molar refractivity (Wildman–Crippen MR) is 53.0 cm³/mol. The fourth-order valence-electron chi connectivity index (χ4n) is 1.85. The van der Waals surface area contributed by atoms with Gasteiger partial charge in [0.1, 0.15) is 0 Å². The van der Waals surface area contributed by atoms with Gasteiger partial charge in [0.15, 0.2) is 0 Å². The maximum atomic E-state index is 4.02. The molecule has 0 spiro atoms. The third-order valence-corrected chi connectivity index (χ3v) is 2.64. The Balaban J connectivity index is 2.14. The molecule has 1 aromatic heterocycles. The number of nitrogens with one attached hydrogen (secondary N) is 2. The van der Waals surface area contributed by atoms with Crippen LogP contribution in [0.1, 0.15) is 13.8 Å². The molecule has 14 heavy (non-hydrogen) atoms. The Bertz CT molecular complexity index is 269. The summed E-state index contributed by atoms with van der Waals surface area (Å²) < 4.78 is 0. The van der Waals surface area contributed by atoms with Crippen LogP contribution in [0.3, 0.4) is 0 Å². The molecule has 6 nitrogen and oxygen atoms in total. The fourth-order valence-corrected chi connectivity index (χ4v) is 1.85. The molecule has 1 atom stereocenters. The second-order valence-corrected chi connectivity index (χ2v) is 3.92. The number of piperazine rings is 1. The molecule has 1 fully saturated rings. The number of hydrogen-bond acceptors (Lipinski definition) is 5. The van der Waals surface area contributed by atoms with Crippen molar-refractivity contribution < 1.29 is 0 Å². The lowest BCUT2D eigenvalue weighted by atomic mass is 10.0. The van der Waals surface area contributed by atoms with E-state index in [1.54, 1.807) is 0 Å². The number of rotatable bonds is 2. The summed E-state index contributed by atoms with van der Waals surface area (Å²) in [5.74, 6) is 1.30. The van der Waals surface area contributed by atoms with Crippen LogP contribution < -0.4 is 10.2 Å². The lowest BCUT2D eigenvalue weighted by Gasteiger charge is -2.37. The van der Waals surface area contributed by atoms with Gasteiger partial charge in [-0.2, -0.15) is 5.21 Å². The summed E-state index contributed by atoms with van der Waals surface area (Å²) in [6.45, 7) is 7.35. The van der Waals surface area contributed by atoms with E-state index >= 15 is 0 Å². The molecule has 0 bridgehead atoms. The Labute approximate surface area is 83.1 Å². The monoisotopic (exact) mass is 196 g/mol. The van der Waals surface area contributed by atoms with Crippen LogP contribution in [0.5, 0.6) is 0 Å². The minimum absolute atomic E-state index is 0.460. The molecule has 0 amide bonds. The van der Waals surface area contributed by atoms with Gasteiger partial charge >= 0.3 is 0 Å². The lowest BCUT2D eigenvalue weighted by Crippen LogP contribution is -2.54. The second kappa shape index (κ2) is 3.91. The standard InChI is InChI=1S/C8H16N6/c1-6(2)7-5-9-3-4-14(7)8-10-12-13-11-8/h6-7,9H,3-5H2,1-2H3,(H,10,11,12,13). The van der Waals surface area contributed by atoms with Crippen LogP contribution in [0.4, 0.5) is 5.95 Å². The molecule has 0 radical (unpaired) electrons. The van der Waals surface area contributed by atoms with Crippen LogP contribution in [0.25, 0.3) is 0 Å². The number of hydrogen-bond donors (Lipinski definition) is 2. The van der Waals surface area contributed by atoms with Gasteiger partial charge in [0.05, 0.1) is 0 Å². The summed E-state index contributed by atoms with van der Waals surface area (Å²) in [6, 6.07) is 0.460. The van der Waals surface area contributed by atoms with Crippen molar-refractivity contribution in [2.24, 2.45) is 5.92 Å². The number of tetrazole rings is 1. The van der Waals surface area contributed by atoms with Crippen LogP contribution in [-0.2, 0) is 0 Å². The number of nitrogens with zero attached hydrogens (tertiary/aromatic N) is 4. The van der Waals surface area contributed by atoms with Gasteiger partial charge in [-0.1, -0.05) is 18.9 Å². The summed E-state index contributed by atoms with van der Waals surface area (Å²) in [4.78, 5) is 2.21. The predicted octanol–water partition coefficient (Wildman–Crippen LogP) is -0.366. The van der Waals surface area contributed by atoms with Gasteiger partial charge in [0.2, 0.25) is 0 Å². The number of H-pyrrole nitrogens is 1. The zero-order valence-corrected chi connectivity index (χ0v) is 8.56. The Kier molecular flexibility index (Phi) is 2.62. The molecule has 2 rings (SSSR count). The smallest absolute Gasteiger partial charge is 0.266 e. The maximum absolute atomic E-state index is 4.02. The SMILES string of the molecule is CC(C)C1CNCCN1c1nn[nH]n1. The minimum atomic E-state index is 0.460. The first kappa shape index (κ1) is 9.39. The molecule has 2 N–H and O–H groups in total. The molecule has 2 heterocycles. The van der Waals surface area contributed by atoms with Crippen molar-refractivity contribution in [3.05, 3.63) is 0 Å². The summed E-state index contributed by atoms with van der Waals surface area (Å²) in [7, 11) is 0. The molecule has 78 valence electrons. The first-order valence-electron chi connectivity index (χ1n) is 5.00. The van der Waals surface area contributed by atoms with Gasteiger partial charge in [-0.3, -0.25) is 0 Å². The zero-order chi connectivity index (χ0) is 9.97. The molecule has 6 heteroatoms. The van der Waals surface area contributed by atoms with E-state index in [4.69, 9.17) is 0 Å². The van der Waals surface area contributed by atoms with Crippen molar-refractivity contribution in [3.63, 3.8) is 0 Å². The zero-order valence-electron chi connectivity index (χ0n) is 8.56. The van der Waals surface area contributed by atoms with Crippen LogP contribution in [0, 0.1) is 5.92 Å². The third-order valence-electron chi connectivity index (χ3n) is 2.64. The molecule has 0 aromatic carbocycles.